The summed E-state index contributed by atoms with van der Waals surface area (Å²) in [6, 6.07) is 9.56. The van der Waals surface area contributed by atoms with Crippen molar-refractivity contribution in [2.45, 2.75) is 13.2 Å². The van der Waals surface area contributed by atoms with E-state index in [4.69, 9.17) is 0 Å². The van der Waals surface area contributed by atoms with Gasteiger partial charge in [-0.3, -0.25) is 4.79 Å². The largest absolute Gasteiger partial charge is 0.435 e. The van der Waals surface area contributed by atoms with Gasteiger partial charge < -0.3 is 10.1 Å². The molecule has 3 aromatic rings. The van der Waals surface area contributed by atoms with Crippen molar-refractivity contribution in [1.82, 2.24) is 25.1 Å². The van der Waals surface area contributed by atoms with Crippen LogP contribution in [0.2, 0.25) is 0 Å². The highest BCUT2D eigenvalue weighted by Crippen LogP contribution is 2.15. The maximum atomic E-state index is 12.1. The summed E-state index contributed by atoms with van der Waals surface area (Å²) in [6.07, 6.45) is 7.48. The molecular weight excluding hydrogens is 356 g/mol. The highest BCUT2D eigenvalue weighted by Gasteiger charge is 2.07. The van der Waals surface area contributed by atoms with E-state index in [1.807, 2.05) is 6.07 Å². The van der Waals surface area contributed by atoms with Gasteiger partial charge in [0.05, 0.1) is 0 Å². The Bertz CT molecular complexity index is 912. The molecule has 0 saturated carbocycles. The molecular formula is C18H15F2N5O2. The second kappa shape index (κ2) is 8.65. The Balaban J connectivity index is 1.58. The normalized spacial score (nSPS) is 11.1. The molecule has 0 spiro atoms. The van der Waals surface area contributed by atoms with Crippen molar-refractivity contribution in [3.8, 4) is 11.6 Å². The van der Waals surface area contributed by atoms with Gasteiger partial charge in [-0.2, -0.15) is 13.9 Å². The van der Waals surface area contributed by atoms with Crippen molar-refractivity contribution < 1.29 is 18.3 Å². The highest BCUT2D eigenvalue weighted by atomic mass is 19.3. The Labute approximate surface area is 153 Å². The van der Waals surface area contributed by atoms with Crippen LogP contribution in [0.4, 0.5) is 8.78 Å². The molecule has 1 N–H and O–H groups in total. The third kappa shape index (κ3) is 5.18. The average molecular weight is 371 g/mol. The van der Waals surface area contributed by atoms with Crippen LogP contribution in [0.15, 0.2) is 61.3 Å². The summed E-state index contributed by atoms with van der Waals surface area (Å²) in [5.41, 5.74) is 1.45. The number of hydrogen-bond donors (Lipinski definition) is 1. The fourth-order valence-corrected chi connectivity index (χ4v) is 2.27. The van der Waals surface area contributed by atoms with Gasteiger partial charge in [0.1, 0.15) is 18.4 Å². The van der Waals surface area contributed by atoms with E-state index < -0.39 is 6.61 Å². The van der Waals surface area contributed by atoms with Crippen LogP contribution < -0.4 is 10.1 Å². The topological polar surface area (TPSA) is 81.9 Å². The monoisotopic (exact) mass is 371 g/mol. The Hall–Kier alpha value is -3.62. The highest BCUT2D eigenvalue weighted by molar-refractivity contribution is 5.91. The van der Waals surface area contributed by atoms with Crippen LogP contribution in [0.25, 0.3) is 11.9 Å². The molecule has 0 bridgehead atoms. The number of nitrogens with zero attached hydrogens (tertiary/aromatic N) is 4. The summed E-state index contributed by atoms with van der Waals surface area (Å²) in [5, 5.41) is 6.79. The number of pyridine rings is 1. The molecule has 0 radical (unpaired) electrons. The number of halogens is 2. The van der Waals surface area contributed by atoms with Gasteiger partial charge in [-0.1, -0.05) is 18.2 Å². The molecule has 0 atom stereocenters. The fourth-order valence-electron chi connectivity index (χ4n) is 2.27. The van der Waals surface area contributed by atoms with E-state index in [1.54, 1.807) is 30.5 Å². The summed E-state index contributed by atoms with van der Waals surface area (Å²) < 4.78 is 30.0. The van der Waals surface area contributed by atoms with Gasteiger partial charge in [-0.25, -0.2) is 14.6 Å². The number of amides is 1. The predicted molar refractivity (Wildman–Crippen MR) is 93.1 cm³/mol. The van der Waals surface area contributed by atoms with Gasteiger partial charge >= 0.3 is 6.61 Å². The van der Waals surface area contributed by atoms with E-state index in [-0.39, 0.29) is 18.2 Å². The van der Waals surface area contributed by atoms with Crippen LogP contribution in [0.3, 0.4) is 0 Å². The number of benzene rings is 1. The van der Waals surface area contributed by atoms with Crippen LogP contribution in [-0.4, -0.2) is 32.3 Å². The third-order valence-electron chi connectivity index (χ3n) is 3.49. The van der Waals surface area contributed by atoms with E-state index in [0.717, 1.165) is 5.56 Å². The summed E-state index contributed by atoms with van der Waals surface area (Å²) in [7, 11) is 0. The number of carbonyl (C=O) groups is 1. The lowest BCUT2D eigenvalue weighted by Crippen LogP contribution is -2.21. The molecule has 0 fully saturated rings. The van der Waals surface area contributed by atoms with Crippen molar-refractivity contribution in [2.24, 2.45) is 0 Å². The number of carbonyl (C=O) groups excluding carboxylic acids is 1. The first kappa shape index (κ1) is 18.2. The maximum absolute atomic E-state index is 12.1. The molecule has 0 aliphatic carbocycles. The number of nitrogens with one attached hydrogen (secondary N) is 1. The van der Waals surface area contributed by atoms with Crippen molar-refractivity contribution in [2.75, 3.05) is 0 Å². The van der Waals surface area contributed by atoms with E-state index in [0.29, 0.717) is 11.4 Å². The molecule has 0 unspecified atom stereocenters. The quantitative estimate of drug-likeness (QED) is 0.646. The standard InChI is InChI=1S/C18H15F2N5O2/c19-18(20)27-15-6-3-13(4-7-15)5-8-16(26)23-10-14-2-1-9-22-17(14)25-12-21-11-24-25/h1-9,11-12,18H,10H2,(H,23,26)/b8-5-. The molecule has 0 saturated heterocycles. The van der Waals surface area contributed by atoms with Gasteiger partial charge in [0.25, 0.3) is 0 Å². The van der Waals surface area contributed by atoms with Gasteiger partial charge in [-0.15, -0.1) is 0 Å². The fraction of sp³-hybridized carbons (Fsp3) is 0.111. The smallest absolute Gasteiger partial charge is 0.387 e. The van der Waals surface area contributed by atoms with Crippen LogP contribution in [0, 0.1) is 0 Å². The third-order valence-corrected chi connectivity index (χ3v) is 3.49. The van der Waals surface area contributed by atoms with Crippen molar-refractivity contribution in [3.05, 3.63) is 72.5 Å². The first-order valence-corrected chi connectivity index (χ1v) is 7.91. The maximum Gasteiger partial charge on any atom is 0.387 e. The molecule has 1 aromatic carbocycles. The Morgan fingerprint density at radius 3 is 2.78 bits per heavy atom. The van der Waals surface area contributed by atoms with Gasteiger partial charge in [-0.05, 0) is 29.8 Å². The number of alkyl halides is 2. The molecule has 2 heterocycles. The second-order valence-corrected chi connectivity index (χ2v) is 5.32. The van der Waals surface area contributed by atoms with Crippen LogP contribution >= 0.6 is 0 Å². The molecule has 3 rings (SSSR count). The lowest BCUT2D eigenvalue weighted by molar-refractivity contribution is -0.116. The molecule has 0 aliphatic heterocycles. The Kier molecular flexibility index (Phi) is 5.83. The zero-order valence-electron chi connectivity index (χ0n) is 14.0. The van der Waals surface area contributed by atoms with Gasteiger partial charge in [0.15, 0.2) is 5.82 Å². The number of ether oxygens (including phenoxy) is 1. The Morgan fingerprint density at radius 1 is 1.26 bits per heavy atom. The SMILES string of the molecule is O=C(/C=C\c1ccc(OC(F)F)cc1)NCc1cccnc1-n1cncn1. The van der Waals surface area contributed by atoms with Crippen molar-refractivity contribution in [1.29, 1.82) is 0 Å². The predicted octanol–water partition coefficient (Wildman–Crippen LogP) is 2.59. The first-order chi connectivity index (χ1) is 13.1. The zero-order chi connectivity index (χ0) is 19.1. The molecule has 0 aliphatic rings. The minimum atomic E-state index is -2.87. The molecule has 138 valence electrons. The summed E-state index contributed by atoms with van der Waals surface area (Å²) in [6.45, 7) is -2.61. The van der Waals surface area contributed by atoms with E-state index in [9.17, 15) is 13.6 Å². The zero-order valence-corrected chi connectivity index (χ0v) is 14.0. The van der Waals surface area contributed by atoms with E-state index in [1.165, 1.54) is 35.5 Å². The average Bonchev–Trinajstić information content (AvgIpc) is 3.20. The number of hydrogen-bond acceptors (Lipinski definition) is 5. The minimum absolute atomic E-state index is 0.0591. The number of rotatable bonds is 7. The summed E-state index contributed by atoms with van der Waals surface area (Å²) >= 11 is 0. The second-order valence-electron chi connectivity index (χ2n) is 5.32. The van der Waals surface area contributed by atoms with Crippen LogP contribution in [0.5, 0.6) is 5.75 Å². The lowest BCUT2D eigenvalue weighted by Gasteiger charge is -2.08. The van der Waals surface area contributed by atoms with Gasteiger partial charge in [0, 0.05) is 24.4 Å². The van der Waals surface area contributed by atoms with Crippen LogP contribution in [0.1, 0.15) is 11.1 Å². The summed E-state index contributed by atoms with van der Waals surface area (Å²) in [4.78, 5) is 20.2. The number of aromatic nitrogens is 4. The van der Waals surface area contributed by atoms with Gasteiger partial charge in [0.2, 0.25) is 5.91 Å². The minimum Gasteiger partial charge on any atom is -0.435 e. The molecule has 2 aromatic heterocycles. The van der Waals surface area contributed by atoms with Crippen LogP contribution in [-0.2, 0) is 11.3 Å². The molecule has 1 amide bonds. The lowest BCUT2D eigenvalue weighted by atomic mass is 10.2. The van der Waals surface area contributed by atoms with Crippen molar-refractivity contribution >= 4 is 12.0 Å². The Morgan fingerprint density at radius 2 is 2.07 bits per heavy atom. The molecule has 9 heteroatoms. The molecule has 27 heavy (non-hydrogen) atoms. The van der Waals surface area contributed by atoms with Crippen molar-refractivity contribution in [3.63, 3.8) is 0 Å². The van der Waals surface area contributed by atoms with E-state index >= 15 is 0 Å². The first-order valence-electron chi connectivity index (χ1n) is 7.91. The summed E-state index contributed by atoms with van der Waals surface area (Å²) in [5.74, 6) is 0.328. The van der Waals surface area contributed by atoms with E-state index in [2.05, 4.69) is 25.1 Å². The molecule has 7 nitrogen and oxygen atoms in total.